The van der Waals surface area contributed by atoms with Crippen LogP contribution in [0.3, 0.4) is 0 Å². The lowest BCUT2D eigenvalue weighted by atomic mass is 10.5. The molecule has 1 rings (SSSR count). The van der Waals surface area contributed by atoms with Crippen molar-refractivity contribution < 1.29 is 4.42 Å². The summed E-state index contributed by atoms with van der Waals surface area (Å²) in [5, 5.41) is 0. The van der Waals surface area contributed by atoms with Gasteiger partial charge in [0.15, 0.2) is 0 Å². The van der Waals surface area contributed by atoms with Crippen LogP contribution in [0.1, 0.15) is 12.7 Å². The van der Waals surface area contributed by atoms with Crippen LogP contribution in [0.5, 0.6) is 0 Å². The number of hydrogen-bond donors (Lipinski definition) is 0. The zero-order chi connectivity index (χ0) is 8.10. The van der Waals surface area contributed by atoms with E-state index in [0.717, 1.165) is 11.5 Å². The van der Waals surface area contributed by atoms with Crippen LogP contribution >= 0.6 is 11.8 Å². The van der Waals surface area contributed by atoms with Crippen molar-refractivity contribution in [2.75, 3.05) is 5.75 Å². The highest BCUT2D eigenvalue weighted by molar-refractivity contribution is 7.99. The highest BCUT2D eigenvalue weighted by Gasteiger charge is 1.98. The first kappa shape index (κ1) is 8.29. The molecule has 0 aromatic carbocycles. The van der Waals surface area contributed by atoms with E-state index in [1.807, 2.05) is 19.9 Å². The Morgan fingerprint density at radius 1 is 1.64 bits per heavy atom. The summed E-state index contributed by atoms with van der Waals surface area (Å²) in [6.07, 6.45) is 1.71. The Hall–Kier alpha value is -0.810. The Morgan fingerprint density at radius 3 is 3.00 bits per heavy atom. The lowest BCUT2D eigenvalue weighted by molar-refractivity contribution is 0.527. The van der Waals surface area contributed by atoms with Crippen molar-refractivity contribution in [3.05, 3.63) is 18.1 Å². The van der Waals surface area contributed by atoms with Crippen molar-refractivity contribution in [2.45, 2.75) is 18.7 Å². The molecule has 0 N–H and O–H groups in total. The second-order valence-corrected chi connectivity index (χ2v) is 3.07. The van der Waals surface area contributed by atoms with Gasteiger partial charge in [0.25, 0.3) is 0 Å². The van der Waals surface area contributed by atoms with Crippen molar-refractivity contribution in [1.29, 1.82) is 0 Å². The molecule has 0 bridgehead atoms. The molecule has 1 aromatic heterocycles. The summed E-state index contributed by atoms with van der Waals surface area (Å²) in [5.41, 5.74) is 0. The molecule has 2 heteroatoms. The minimum atomic E-state index is 0.844. The molecule has 0 aliphatic heterocycles. The number of rotatable bonds is 2. The fraction of sp³-hybridized carbons (Fsp3) is 0.333. The quantitative estimate of drug-likeness (QED) is 0.495. The Morgan fingerprint density at radius 2 is 2.45 bits per heavy atom. The summed E-state index contributed by atoms with van der Waals surface area (Å²) in [7, 11) is 0. The summed E-state index contributed by atoms with van der Waals surface area (Å²) in [5.74, 6) is 7.66. The van der Waals surface area contributed by atoms with Crippen molar-refractivity contribution in [1.82, 2.24) is 0 Å². The third-order valence-electron chi connectivity index (χ3n) is 1.29. The summed E-state index contributed by atoms with van der Waals surface area (Å²) < 4.78 is 5.13. The van der Waals surface area contributed by atoms with Crippen LogP contribution in [0.15, 0.2) is 21.6 Å². The maximum absolute atomic E-state index is 5.13. The maximum atomic E-state index is 5.13. The van der Waals surface area contributed by atoms with E-state index in [2.05, 4.69) is 11.8 Å². The number of thioether (sulfide) groups is 1. The van der Waals surface area contributed by atoms with E-state index in [9.17, 15) is 0 Å². The molecule has 0 fully saturated rings. The van der Waals surface area contributed by atoms with Crippen LogP contribution in [0, 0.1) is 18.8 Å². The van der Waals surface area contributed by atoms with E-state index in [-0.39, 0.29) is 0 Å². The molecule has 1 heterocycles. The van der Waals surface area contributed by atoms with Gasteiger partial charge in [0.05, 0.1) is 12.0 Å². The van der Waals surface area contributed by atoms with E-state index in [1.54, 1.807) is 18.0 Å². The topological polar surface area (TPSA) is 13.1 Å². The summed E-state index contributed by atoms with van der Waals surface area (Å²) >= 11 is 1.71. The highest BCUT2D eigenvalue weighted by Crippen LogP contribution is 2.22. The average Bonchev–Trinajstić information content (AvgIpc) is 2.37. The van der Waals surface area contributed by atoms with Gasteiger partial charge in [-0.15, -0.1) is 17.7 Å². The normalized spacial score (nSPS) is 8.91. The van der Waals surface area contributed by atoms with Crippen molar-refractivity contribution >= 4 is 11.8 Å². The first-order valence-corrected chi connectivity index (χ1v) is 4.39. The zero-order valence-corrected chi connectivity index (χ0v) is 7.49. The van der Waals surface area contributed by atoms with Crippen molar-refractivity contribution in [2.24, 2.45) is 0 Å². The lowest BCUT2D eigenvalue weighted by Crippen LogP contribution is -1.72. The third-order valence-corrected chi connectivity index (χ3v) is 2.31. The van der Waals surface area contributed by atoms with Gasteiger partial charge in [-0.3, -0.25) is 0 Å². The van der Waals surface area contributed by atoms with E-state index in [1.165, 1.54) is 4.90 Å². The largest absolute Gasteiger partial charge is 0.468 e. The number of hydrogen-bond acceptors (Lipinski definition) is 2. The molecule has 0 aliphatic carbocycles. The van der Waals surface area contributed by atoms with E-state index in [0.29, 0.717) is 0 Å². The molecular weight excluding hydrogens is 156 g/mol. The molecule has 58 valence electrons. The predicted octanol–water partition coefficient (Wildman–Crippen LogP) is 2.70. The summed E-state index contributed by atoms with van der Waals surface area (Å²) in [4.78, 5) is 1.19. The van der Waals surface area contributed by atoms with Gasteiger partial charge < -0.3 is 4.42 Å². The van der Waals surface area contributed by atoms with Crippen LogP contribution in [0.4, 0.5) is 0 Å². The Labute approximate surface area is 71.2 Å². The third kappa shape index (κ3) is 2.36. The molecular formula is C9H10OS. The second kappa shape index (κ2) is 4.15. The minimum Gasteiger partial charge on any atom is -0.468 e. The van der Waals surface area contributed by atoms with Crippen LogP contribution < -0.4 is 0 Å². The maximum Gasteiger partial charge on any atom is 0.114 e. The molecule has 11 heavy (non-hydrogen) atoms. The summed E-state index contributed by atoms with van der Waals surface area (Å²) in [6.45, 7) is 3.81. The monoisotopic (exact) mass is 166 g/mol. The van der Waals surface area contributed by atoms with Crippen molar-refractivity contribution in [3.63, 3.8) is 0 Å². The predicted molar refractivity (Wildman–Crippen MR) is 47.6 cm³/mol. The van der Waals surface area contributed by atoms with Crippen LogP contribution in [-0.2, 0) is 0 Å². The van der Waals surface area contributed by atoms with Crippen LogP contribution in [-0.4, -0.2) is 5.75 Å². The molecule has 0 aliphatic rings. The molecule has 1 aromatic rings. The molecule has 0 saturated heterocycles. The summed E-state index contributed by atoms with van der Waals surface area (Å²) in [6, 6.07) is 1.97. The Balaban J connectivity index is 2.48. The second-order valence-electron chi connectivity index (χ2n) is 2.06. The molecule has 0 atom stereocenters. The van der Waals surface area contributed by atoms with Crippen LogP contribution in [0.25, 0.3) is 0 Å². The standard InChI is InChI=1S/C9H10OS/c1-3-4-7-11-9-5-6-10-8(9)2/h5-6H,7H2,1-2H3. The van der Waals surface area contributed by atoms with Gasteiger partial charge >= 0.3 is 0 Å². The first-order valence-electron chi connectivity index (χ1n) is 3.41. The fourth-order valence-electron chi connectivity index (χ4n) is 0.709. The molecule has 0 spiro atoms. The van der Waals surface area contributed by atoms with Gasteiger partial charge in [0.2, 0.25) is 0 Å². The SMILES string of the molecule is CC#CCSc1ccoc1C. The van der Waals surface area contributed by atoms with Gasteiger partial charge in [-0.25, -0.2) is 0 Å². The van der Waals surface area contributed by atoms with E-state index in [4.69, 9.17) is 4.42 Å². The zero-order valence-electron chi connectivity index (χ0n) is 6.68. The molecule has 0 radical (unpaired) electrons. The van der Waals surface area contributed by atoms with Gasteiger partial charge in [-0.05, 0) is 19.9 Å². The van der Waals surface area contributed by atoms with Gasteiger partial charge in [-0.2, -0.15) is 0 Å². The smallest absolute Gasteiger partial charge is 0.114 e. The first-order chi connectivity index (χ1) is 5.34. The number of furan rings is 1. The van der Waals surface area contributed by atoms with Gasteiger partial charge in [0, 0.05) is 4.90 Å². The molecule has 0 saturated carbocycles. The van der Waals surface area contributed by atoms with Crippen LogP contribution in [0.2, 0.25) is 0 Å². The Bertz CT molecular complexity index is 277. The Kier molecular flexibility index (Phi) is 3.13. The molecule has 0 amide bonds. The highest BCUT2D eigenvalue weighted by atomic mass is 32.2. The fourth-order valence-corrected chi connectivity index (χ4v) is 1.48. The van der Waals surface area contributed by atoms with Crippen molar-refractivity contribution in [3.8, 4) is 11.8 Å². The number of aryl methyl sites for hydroxylation is 1. The van der Waals surface area contributed by atoms with Gasteiger partial charge in [-0.1, -0.05) is 5.92 Å². The van der Waals surface area contributed by atoms with E-state index < -0.39 is 0 Å². The average molecular weight is 166 g/mol. The molecule has 0 unspecified atom stereocenters. The molecule has 1 nitrogen and oxygen atoms in total. The van der Waals surface area contributed by atoms with Gasteiger partial charge in [0.1, 0.15) is 5.76 Å². The minimum absolute atomic E-state index is 0.844. The lowest BCUT2D eigenvalue weighted by Gasteiger charge is -1.91. The van der Waals surface area contributed by atoms with E-state index >= 15 is 0 Å².